The van der Waals surface area contributed by atoms with Crippen LogP contribution in [0.15, 0.2) is 36.7 Å². The van der Waals surface area contributed by atoms with Gasteiger partial charge >= 0.3 is 0 Å². The molecule has 20 heavy (non-hydrogen) atoms. The highest BCUT2D eigenvalue weighted by Crippen LogP contribution is 2.27. The predicted octanol–water partition coefficient (Wildman–Crippen LogP) is 4.33. The summed E-state index contributed by atoms with van der Waals surface area (Å²) in [4.78, 5) is 4.02. The minimum absolute atomic E-state index is 0.456. The predicted molar refractivity (Wildman–Crippen MR) is 82.5 cm³/mol. The summed E-state index contributed by atoms with van der Waals surface area (Å²) in [6, 6.07) is 8.43. The van der Waals surface area contributed by atoms with Crippen LogP contribution in [0.5, 0.6) is 11.5 Å². The molecular weight excluding hydrogens is 272 g/mol. The molecule has 4 heteroatoms. The standard InChI is InChI=1S/C16H19ClN2O/c1-11(2)19-8-13-5-4-12(3)16(6-13)20-15-7-14(17)9-18-10-15/h4-7,9-11,19H,8H2,1-3H3. The van der Waals surface area contributed by atoms with E-state index < -0.39 is 0 Å². The molecule has 1 aromatic heterocycles. The molecule has 0 atom stereocenters. The molecule has 0 bridgehead atoms. The fraction of sp³-hybridized carbons (Fsp3) is 0.312. The van der Waals surface area contributed by atoms with Gasteiger partial charge in [0.2, 0.25) is 0 Å². The van der Waals surface area contributed by atoms with E-state index in [9.17, 15) is 0 Å². The van der Waals surface area contributed by atoms with E-state index in [1.807, 2.05) is 13.0 Å². The molecule has 0 aliphatic rings. The van der Waals surface area contributed by atoms with Gasteiger partial charge in [0.05, 0.1) is 11.2 Å². The van der Waals surface area contributed by atoms with Gasteiger partial charge in [-0.2, -0.15) is 0 Å². The maximum absolute atomic E-state index is 5.91. The summed E-state index contributed by atoms with van der Waals surface area (Å²) in [6.45, 7) is 7.10. The van der Waals surface area contributed by atoms with Crippen LogP contribution < -0.4 is 10.1 Å². The summed E-state index contributed by atoms with van der Waals surface area (Å²) >= 11 is 5.91. The molecule has 0 unspecified atom stereocenters. The first-order valence-electron chi connectivity index (χ1n) is 6.66. The Morgan fingerprint density at radius 3 is 2.75 bits per heavy atom. The van der Waals surface area contributed by atoms with E-state index in [1.165, 1.54) is 5.56 Å². The van der Waals surface area contributed by atoms with Crippen LogP contribution in [-0.4, -0.2) is 11.0 Å². The Hall–Kier alpha value is -1.58. The first-order valence-corrected chi connectivity index (χ1v) is 7.03. The zero-order valence-electron chi connectivity index (χ0n) is 12.0. The maximum Gasteiger partial charge on any atom is 0.147 e. The van der Waals surface area contributed by atoms with E-state index in [0.29, 0.717) is 16.8 Å². The van der Waals surface area contributed by atoms with Gasteiger partial charge in [0.25, 0.3) is 0 Å². The molecule has 0 saturated carbocycles. The second-order valence-electron chi connectivity index (χ2n) is 5.08. The molecule has 3 nitrogen and oxygen atoms in total. The van der Waals surface area contributed by atoms with Gasteiger partial charge in [-0.15, -0.1) is 0 Å². The van der Waals surface area contributed by atoms with Crippen LogP contribution in [0, 0.1) is 6.92 Å². The second-order valence-corrected chi connectivity index (χ2v) is 5.51. The number of benzene rings is 1. The third kappa shape index (κ3) is 4.22. The van der Waals surface area contributed by atoms with Crippen molar-refractivity contribution in [2.75, 3.05) is 0 Å². The number of hydrogen-bond acceptors (Lipinski definition) is 3. The van der Waals surface area contributed by atoms with Crippen LogP contribution in [0.3, 0.4) is 0 Å². The molecule has 2 rings (SSSR count). The van der Waals surface area contributed by atoms with Gasteiger partial charge in [-0.1, -0.05) is 37.6 Å². The fourth-order valence-corrected chi connectivity index (χ4v) is 1.93. The number of pyridine rings is 1. The minimum Gasteiger partial charge on any atom is -0.455 e. The molecular formula is C16H19ClN2O. The number of halogens is 1. The van der Waals surface area contributed by atoms with Gasteiger partial charge in [-0.05, 0) is 24.1 Å². The molecule has 0 aliphatic carbocycles. The van der Waals surface area contributed by atoms with Crippen molar-refractivity contribution in [3.8, 4) is 11.5 Å². The molecule has 0 amide bonds. The lowest BCUT2D eigenvalue weighted by Gasteiger charge is -2.12. The topological polar surface area (TPSA) is 34.1 Å². The molecule has 1 heterocycles. The van der Waals surface area contributed by atoms with Crippen molar-refractivity contribution < 1.29 is 4.74 Å². The normalized spacial score (nSPS) is 10.8. The molecule has 0 fully saturated rings. The Balaban J connectivity index is 2.16. The molecule has 1 aromatic carbocycles. The van der Waals surface area contributed by atoms with Crippen LogP contribution in [0.25, 0.3) is 0 Å². The number of aryl methyl sites for hydroxylation is 1. The van der Waals surface area contributed by atoms with E-state index in [0.717, 1.165) is 17.9 Å². The number of aromatic nitrogens is 1. The Morgan fingerprint density at radius 2 is 2.05 bits per heavy atom. The van der Waals surface area contributed by atoms with Crippen LogP contribution in [0.4, 0.5) is 0 Å². The lowest BCUT2D eigenvalue weighted by molar-refractivity contribution is 0.475. The van der Waals surface area contributed by atoms with Crippen LogP contribution in [0.1, 0.15) is 25.0 Å². The van der Waals surface area contributed by atoms with Crippen molar-refractivity contribution in [3.05, 3.63) is 52.8 Å². The molecule has 1 N–H and O–H groups in total. The Kier molecular flexibility index (Phi) is 4.99. The molecule has 0 aliphatic heterocycles. The fourth-order valence-electron chi connectivity index (χ4n) is 1.76. The lowest BCUT2D eigenvalue weighted by atomic mass is 10.1. The summed E-state index contributed by atoms with van der Waals surface area (Å²) in [7, 11) is 0. The van der Waals surface area contributed by atoms with E-state index >= 15 is 0 Å². The maximum atomic E-state index is 5.91. The number of hydrogen-bond donors (Lipinski definition) is 1. The average Bonchev–Trinajstić information content (AvgIpc) is 2.39. The minimum atomic E-state index is 0.456. The van der Waals surface area contributed by atoms with Crippen molar-refractivity contribution in [2.45, 2.75) is 33.4 Å². The molecule has 0 radical (unpaired) electrons. The van der Waals surface area contributed by atoms with Crippen molar-refractivity contribution in [3.63, 3.8) is 0 Å². The van der Waals surface area contributed by atoms with Gasteiger partial charge in [0, 0.05) is 24.8 Å². The highest BCUT2D eigenvalue weighted by molar-refractivity contribution is 6.30. The SMILES string of the molecule is Cc1ccc(CNC(C)C)cc1Oc1cncc(Cl)c1. The first-order chi connectivity index (χ1) is 9.54. The van der Waals surface area contributed by atoms with E-state index in [1.54, 1.807) is 18.5 Å². The van der Waals surface area contributed by atoms with E-state index in [2.05, 4.69) is 36.3 Å². The number of nitrogens with one attached hydrogen (secondary N) is 1. The smallest absolute Gasteiger partial charge is 0.147 e. The monoisotopic (exact) mass is 290 g/mol. The van der Waals surface area contributed by atoms with Gasteiger partial charge in [0.15, 0.2) is 0 Å². The molecule has 106 valence electrons. The summed E-state index contributed by atoms with van der Waals surface area (Å²) in [6.07, 6.45) is 3.24. The quantitative estimate of drug-likeness (QED) is 0.890. The summed E-state index contributed by atoms with van der Waals surface area (Å²) in [5.74, 6) is 1.48. The van der Waals surface area contributed by atoms with Crippen molar-refractivity contribution in [2.24, 2.45) is 0 Å². The largest absolute Gasteiger partial charge is 0.455 e. The zero-order valence-corrected chi connectivity index (χ0v) is 12.7. The number of nitrogens with zero attached hydrogens (tertiary/aromatic N) is 1. The van der Waals surface area contributed by atoms with E-state index in [4.69, 9.17) is 16.3 Å². The van der Waals surface area contributed by atoms with Crippen molar-refractivity contribution in [1.29, 1.82) is 0 Å². The molecule has 0 saturated heterocycles. The summed E-state index contributed by atoms with van der Waals surface area (Å²) < 4.78 is 5.86. The van der Waals surface area contributed by atoms with Gasteiger partial charge < -0.3 is 10.1 Å². The molecule has 0 spiro atoms. The van der Waals surface area contributed by atoms with Gasteiger partial charge in [-0.25, -0.2) is 0 Å². The highest BCUT2D eigenvalue weighted by Gasteiger charge is 2.05. The Bertz CT molecular complexity index is 584. The number of ether oxygens (including phenoxy) is 1. The summed E-state index contributed by atoms with van der Waals surface area (Å²) in [5.41, 5.74) is 2.27. The molecule has 2 aromatic rings. The van der Waals surface area contributed by atoms with Gasteiger partial charge in [0.1, 0.15) is 11.5 Å². The first kappa shape index (κ1) is 14.8. The van der Waals surface area contributed by atoms with Crippen LogP contribution in [0.2, 0.25) is 5.02 Å². The second kappa shape index (κ2) is 6.73. The summed E-state index contributed by atoms with van der Waals surface area (Å²) in [5, 5.41) is 3.96. The highest BCUT2D eigenvalue weighted by atomic mass is 35.5. The van der Waals surface area contributed by atoms with Crippen molar-refractivity contribution >= 4 is 11.6 Å². The number of rotatable bonds is 5. The van der Waals surface area contributed by atoms with Crippen LogP contribution in [-0.2, 0) is 6.54 Å². The average molecular weight is 291 g/mol. The Labute approximate surface area is 124 Å². The van der Waals surface area contributed by atoms with Gasteiger partial charge in [-0.3, -0.25) is 4.98 Å². The Morgan fingerprint density at radius 1 is 1.25 bits per heavy atom. The van der Waals surface area contributed by atoms with Crippen molar-refractivity contribution in [1.82, 2.24) is 10.3 Å². The third-order valence-electron chi connectivity index (χ3n) is 2.87. The lowest BCUT2D eigenvalue weighted by Crippen LogP contribution is -2.21. The zero-order chi connectivity index (χ0) is 14.5. The third-order valence-corrected chi connectivity index (χ3v) is 3.08. The van der Waals surface area contributed by atoms with E-state index in [-0.39, 0.29) is 0 Å². The van der Waals surface area contributed by atoms with Crippen LogP contribution >= 0.6 is 11.6 Å².